The van der Waals surface area contributed by atoms with Crippen LogP contribution in [0.5, 0.6) is 0 Å². The zero-order chi connectivity index (χ0) is 11.5. The van der Waals surface area contributed by atoms with Gasteiger partial charge >= 0.3 is 0 Å². The predicted molar refractivity (Wildman–Crippen MR) is 65.7 cm³/mol. The van der Waals surface area contributed by atoms with Gasteiger partial charge in [-0.1, -0.05) is 48.8 Å². The van der Waals surface area contributed by atoms with Crippen molar-refractivity contribution < 1.29 is 4.52 Å². The second-order valence-corrected chi connectivity index (χ2v) is 4.31. The first-order valence-corrected chi connectivity index (χ1v) is 5.81. The molecule has 1 unspecified atom stereocenters. The second kappa shape index (κ2) is 4.71. The number of benzene rings is 1. The highest BCUT2D eigenvalue weighted by Crippen LogP contribution is 2.29. The maximum Gasteiger partial charge on any atom is 0.140 e. The first-order valence-electron chi connectivity index (χ1n) is 5.44. The average molecular weight is 236 g/mol. The van der Waals surface area contributed by atoms with Crippen molar-refractivity contribution in [2.75, 3.05) is 0 Å². The van der Waals surface area contributed by atoms with Gasteiger partial charge in [0.05, 0.1) is 5.02 Å². The summed E-state index contributed by atoms with van der Waals surface area (Å²) in [6.07, 6.45) is 1.04. The fourth-order valence-electron chi connectivity index (χ4n) is 1.52. The second-order valence-electron chi connectivity index (χ2n) is 3.90. The standard InChI is InChI=1S/C13H14ClNO/c1-3-9(2)13-8-12(15-16-13)10-6-4-5-7-11(10)14/h4-9H,3H2,1-2H3. The molecule has 2 rings (SSSR count). The third-order valence-electron chi connectivity index (χ3n) is 2.78. The monoisotopic (exact) mass is 235 g/mol. The molecule has 2 aromatic rings. The van der Waals surface area contributed by atoms with Crippen LogP contribution in [0.1, 0.15) is 31.9 Å². The van der Waals surface area contributed by atoms with Crippen LogP contribution in [0, 0.1) is 0 Å². The molecule has 2 nitrogen and oxygen atoms in total. The Morgan fingerprint density at radius 2 is 2.12 bits per heavy atom. The SMILES string of the molecule is CCC(C)c1cc(-c2ccccc2Cl)no1. The predicted octanol–water partition coefficient (Wildman–Crippen LogP) is 4.51. The minimum absolute atomic E-state index is 0.392. The fraction of sp³-hybridized carbons (Fsp3) is 0.308. The molecule has 16 heavy (non-hydrogen) atoms. The molecule has 1 heterocycles. The van der Waals surface area contributed by atoms with Gasteiger partial charge in [-0.05, 0) is 12.5 Å². The van der Waals surface area contributed by atoms with Gasteiger partial charge in [-0.2, -0.15) is 0 Å². The first kappa shape index (κ1) is 11.2. The van der Waals surface area contributed by atoms with Crippen LogP contribution in [0.3, 0.4) is 0 Å². The molecule has 3 heteroatoms. The smallest absolute Gasteiger partial charge is 0.140 e. The zero-order valence-electron chi connectivity index (χ0n) is 9.40. The van der Waals surface area contributed by atoms with Crippen LogP contribution in [0.4, 0.5) is 0 Å². The molecular weight excluding hydrogens is 222 g/mol. The van der Waals surface area contributed by atoms with E-state index in [0.717, 1.165) is 23.4 Å². The molecule has 0 amide bonds. The summed E-state index contributed by atoms with van der Waals surface area (Å²) in [5, 5.41) is 4.76. The van der Waals surface area contributed by atoms with Crippen molar-refractivity contribution in [2.24, 2.45) is 0 Å². The molecule has 0 saturated carbocycles. The van der Waals surface area contributed by atoms with Crippen molar-refractivity contribution in [3.63, 3.8) is 0 Å². The Hall–Kier alpha value is -1.28. The number of aromatic nitrogens is 1. The topological polar surface area (TPSA) is 26.0 Å². The first-order chi connectivity index (χ1) is 7.72. The molecule has 0 aliphatic rings. The minimum Gasteiger partial charge on any atom is -0.361 e. The Balaban J connectivity index is 2.35. The summed E-state index contributed by atoms with van der Waals surface area (Å²) in [5.41, 5.74) is 1.73. The van der Waals surface area contributed by atoms with E-state index >= 15 is 0 Å². The van der Waals surface area contributed by atoms with E-state index in [1.165, 1.54) is 0 Å². The van der Waals surface area contributed by atoms with Crippen LogP contribution in [0.2, 0.25) is 5.02 Å². The van der Waals surface area contributed by atoms with Crippen LogP contribution < -0.4 is 0 Å². The van der Waals surface area contributed by atoms with Gasteiger partial charge in [0.1, 0.15) is 11.5 Å². The quantitative estimate of drug-likeness (QED) is 0.783. The highest BCUT2D eigenvalue weighted by molar-refractivity contribution is 6.33. The van der Waals surface area contributed by atoms with E-state index in [2.05, 4.69) is 19.0 Å². The molecule has 1 aromatic carbocycles. The Kier molecular flexibility index (Phi) is 3.30. The fourth-order valence-corrected chi connectivity index (χ4v) is 1.75. The van der Waals surface area contributed by atoms with Crippen molar-refractivity contribution in [3.05, 3.63) is 41.1 Å². The van der Waals surface area contributed by atoms with Gasteiger partial charge < -0.3 is 4.52 Å². The van der Waals surface area contributed by atoms with Crippen LogP contribution in [0.15, 0.2) is 34.9 Å². The van der Waals surface area contributed by atoms with E-state index in [4.69, 9.17) is 16.1 Å². The Bertz CT molecular complexity index is 478. The van der Waals surface area contributed by atoms with Gasteiger partial charge in [-0.15, -0.1) is 0 Å². The number of hydrogen-bond donors (Lipinski definition) is 0. The van der Waals surface area contributed by atoms with E-state index in [1.54, 1.807) is 0 Å². The molecule has 0 N–H and O–H groups in total. The normalized spacial score (nSPS) is 12.7. The summed E-state index contributed by atoms with van der Waals surface area (Å²) >= 11 is 6.10. The summed E-state index contributed by atoms with van der Waals surface area (Å²) in [5.74, 6) is 1.31. The lowest BCUT2D eigenvalue weighted by molar-refractivity contribution is 0.365. The van der Waals surface area contributed by atoms with E-state index in [0.29, 0.717) is 10.9 Å². The van der Waals surface area contributed by atoms with Crippen LogP contribution in [0.25, 0.3) is 11.3 Å². The molecule has 1 atom stereocenters. The third kappa shape index (κ3) is 2.12. The maximum atomic E-state index is 6.10. The molecule has 0 radical (unpaired) electrons. The Labute approximate surface area is 100 Å². The zero-order valence-corrected chi connectivity index (χ0v) is 10.2. The lowest BCUT2D eigenvalue weighted by atomic mass is 10.0. The van der Waals surface area contributed by atoms with Gasteiger partial charge in [0.25, 0.3) is 0 Å². The highest BCUT2D eigenvalue weighted by Gasteiger charge is 2.12. The summed E-state index contributed by atoms with van der Waals surface area (Å²) in [6, 6.07) is 9.62. The van der Waals surface area contributed by atoms with E-state index < -0.39 is 0 Å². The minimum atomic E-state index is 0.392. The molecule has 0 bridgehead atoms. The van der Waals surface area contributed by atoms with Crippen LogP contribution >= 0.6 is 11.6 Å². The number of rotatable bonds is 3. The van der Waals surface area contributed by atoms with Crippen molar-refractivity contribution in [2.45, 2.75) is 26.2 Å². The Morgan fingerprint density at radius 3 is 2.81 bits per heavy atom. The van der Waals surface area contributed by atoms with Crippen LogP contribution in [-0.2, 0) is 0 Å². The molecule has 0 aliphatic carbocycles. The number of hydrogen-bond acceptors (Lipinski definition) is 2. The largest absolute Gasteiger partial charge is 0.361 e. The summed E-state index contributed by atoms with van der Waals surface area (Å²) < 4.78 is 5.32. The van der Waals surface area contributed by atoms with Gasteiger partial charge in [-0.25, -0.2) is 0 Å². The van der Waals surface area contributed by atoms with Gasteiger partial charge in [-0.3, -0.25) is 0 Å². The van der Waals surface area contributed by atoms with Gasteiger partial charge in [0.15, 0.2) is 0 Å². The Morgan fingerprint density at radius 1 is 1.38 bits per heavy atom. The van der Waals surface area contributed by atoms with E-state index in [9.17, 15) is 0 Å². The summed E-state index contributed by atoms with van der Waals surface area (Å²) in [7, 11) is 0. The van der Waals surface area contributed by atoms with Crippen molar-refractivity contribution >= 4 is 11.6 Å². The van der Waals surface area contributed by atoms with Crippen molar-refractivity contribution in [1.82, 2.24) is 5.16 Å². The van der Waals surface area contributed by atoms with Crippen LogP contribution in [-0.4, -0.2) is 5.16 Å². The summed E-state index contributed by atoms with van der Waals surface area (Å²) in [4.78, 5) is 0. The third-order valence-corrected chi connectivity index (χ3v) is 3.11. The van der Waals surface area contributed by atoms with Gasteiger partial charge in [0.2, 0.25) is 0 Å². The molecule has 0 aliphatic heterocycles. The number of halogens is 1. The molecule has 0 saturated heterocycles. The molecule has 0 fully saturated rings. The molecule has 84 valence electrons. The van der Waals surface area contributed by atoms with Crippen molar-refractivity contribution in [3.8, 4) is 11.3 Å². The maximum absolute atomic E-state index is 6.10. The van der Waals surface area contributed by atoms with Crippen molar-refractivity contribution in [1.29, 1.82) is 0 Å². The molecule has 0 spiro atoms. The average Bonchev–Trinajstić information content (AvgIpc) is 2.78. The summed E-state index contributed by atoms with van der Waals surface area (Å²) in [6.45, 7) is 4.25. The van der Waals surface area contributed by atoms with Gasteiger partial charge in [0, 0.05) is 17.5 Å². The highest BCUT2D eigenvalue weighted by atomic mass is 35.5. The van der Waals surface area contributed by atoms with E-state index in [-0.39, 0.29) is 0 Å². The molecule has 1 aromatic heterocycles. The van der Waals surface area contributed by atoms with E-state index in [1.807, 2.05) is 30.3 Å². The lowest BCUT2D eigenvalue weighted by Gasteiger charge is -2.00. The number of nitrogens with zero attached hydrogens (tertiary/aromatic N) is 1. The molecular formula is C13H14ClNO. The lowest BCUT2D eigenvalue weighted by Crippen LogP contribution is -1.86.